The van der Waals surface area contributed by atoms with Gasteiger partial charge in [0.25, 0.3) is 0 Å². The van der Waals surface area contributed by atoms with Gasteiger partial charge in [0, 0.05) is 6.04 Å². The van der Waals surface area contributed by atoms with Crippen molar-refractivity contribution in [2.24, 2.45) is 5.73 Å². The van der Waals surface area contributed by atoms with E-state index in [4.69, 9.17) is 5.73 Å². The first-order chi connectivity index (χ1) is 7.09. The van der Waals surface area contributed by atoms with Crippen LogP contribution >= 0.6 is 0 Å². The second-order valence-electron chi connectivity index (χ2n) is 3.43. The van der Waals surface area contributed by atoms with Gasteiger partial charge in [-0.25, -0.2) is 0 Å². The first-order valence-corrected chi connectivity index (χ1v) is 4.74. The molecule has 0 saturated heterocycles. The minimum Gasteiger partial charge on any atom is -0.361 e. The van der Waals surface area contributed by atoms with E-state index in [0.717, 1.165) is 5.56 Å². The maximum absolute atomic E-state index is 11.0. The molecule has 0 aromatic heterocycles. The monoisotopic (exact) mass is 206 g/mol. The Morgan fingerprint density at radius 3 is 2.47 bits per heavy atom. The minimum absolute atomic E-state index is 0.104. The lowest BCUT2D eigenvalue weighted by molar-refractivity contribution is -0.137. The van der Waals surface area contributed by atoms with Crippen LogP contribution in [-0.4, -0.2) is 17.9 Å². The lowest BCUT2D eigenvalue weighted by Crippen LogP contribution is -2.41. The lowest BCUT2D eigenvalue weighted by atomic mass is 10.1. The van der Waals surface area contributed by atoms with E-state index in [9.17, 15) is 9.59 Å². The van der Waals surface area contributed by atoms with Gasteiger partial charge in [-0.1, -0.05) is 30.3 Å². The van der Waals surface area contributed by atoms with Gasteiger partial charge in [0.2, 0.25) is 0 Å². The molecule has 4 heteroatoms. The van der Waals surface area contributed by atoms with E-state index < -0.39 is 11.8 Å². The van der Waals surface area contributed by atoms with Gasteiger partial charge in [0.05, 0.1) is 0 Å². The van der Waals surface area contributed by atoms with Crippen LogP contribution in [-0.2, 0) is 16.0 Å². The van der Waals surface area contributed by atoms with E-state index in [-0.39, 0.29) is 6.04 Å². The highest BCUT2D eigenvalue weighted by molar-refractivity contribution is 6.34. The largest absolute Gasteiger partial charge is 0.361 e. The number of rotatable bonds is 3. The molecule has 0 bridgehead atoms. The Balaban J connectivity index is 2.46. The van der Waals surface area contributed by atoms with Crippen LogP contribution in [0.5, 0.6) is 0 Å². The molecular weight excluding hydrogens is 192 g/mol. The van der Waals surface area contributed by atoms with E-state index >= 15 is 0 Å². The molecule has 0 aliphatic carbocycles. The smallest absolute Gasteiger partial charge is 0.309 e. The van der Waals surface area contributed by atoms with Crippen LogP contribution in [0.15, 0.2) is 30.3 Å². The third-order valence-corrected chi connectivity index (χ3v) is 1.99. The van der Waals surface area contributed by atoms with Gasteiger partial charge in [-0.2, -0.15) is 0 Å². The van der Waals surface area contributed by atoms with Crippen molar-refractivity contribution in [3.63, 3.8) is 0 Å². The molecule has 1 aromatic rings. The van der Waals surface area contributed by atoms with Crippen LogP contribution in [0.2, 0.25) is 0 Å². The third kappa shape index (κ3) is 3.81. The first kappa shape index (κ1) is 11.2. The predicted molar refractivity (Wildman–Crippen MR) is 56.9 cm³/mol. The first-order valence-electron chi connectivity index (χ1n) is 4.74. The fourth-order valence-electron chi connectivity index (χ4n) is 1.31. The Hall–Kier alpha value is -1.84. The Morgan fingerprint density at radius 1 is 1.33 bits per heavy atom. The van der Waals surface area contributed by atoms with E-state index in [0.29, 0.717) is 6.42 Å². The summed E-state index contributed by atoms with van der Waals surface area (Å²) in [5.41, 5.74) is 5.93. The minimum atomic E-state index is -0.949. The van der Waals surface area contributed by atoms with Gasteiger partial charge in [0.1, 0.15) is 0 Å². The fraction of sp³-hybridized carbons (Fsp3) is 0.273. The lowest BCUT2D eigenvalue weighted by Gasteiger charge is -2.12. The SMILES string of the molecule is CC(Cc1ccccc1)NC(=O)C(N)=O. The number of primary amides is 1. The molecule has 0 aliphatic rings. The van der Waals surface area contributed by atoms with Gasteiger partial charge >= 0.3 is 11.8 Å². The summed E-state index contributed by atoms with van der Waals surface area (Å²) in [5.74, 6) is -1.69. The van der Waals surface area contributed by atoms with Crippen molar-refractivity contribution in [2.45, 2.75) is 19.4 Å². The van der Waals surface area contributed by atoms with E-state index in [2.05, 4.69) is 5.32 Å². The summed E-state index contributed by atoms with van der Waals surface area (Å²) in [6.45, 7) is 1.83. The molecular formula is C11H14N2O2. The molecule has 0 saturated carbocycles. The zero-order valence-corrected chi connectivity index (χ0v) is 8.57. The average Bonchev–Trinajstić information content (AvgIpc) is 2.18. The van der Waals surface area contributed by atoms with E-state index in [1.54, 1.807) is 0 Å². The topological polar surface area (TPSA) is 72.2 Å². The van der Waals surface area contributed by atoms with Gasteiger partial charge in [-0.05, 0) is 18.9 Å². The molecule has 1 atom stereocenters. The van der Waals surface area contributed by atoms with Gasteiger partial charge in [-0.3, -0.25) is 9.59 Å². The second kappa shape index (κ2) is 5.14. The normalized spacial score (nSPS) is 11.8. The number of hydrogen-bond donors (Lipinski definition) is 2. The van der Waals surface area contributed by atoms with Crippen LogP contribution in [0.4, 0.5) is 0 Å². The molecule has 1 aromatic carbocycles. The fourth-order valence-corrected chi connectivity index (χ4v) is 1.31. The zero-order valence-electron chi connectivity index (χ0n) is 8.57. The van der Waals surface area contributed by atoms with Crippen LogP contribution in [0, 0.1) is 0 Å². The number of amides is 2. The van der Waals surface area contributed by atoms with Crippen LogP contribution < -0.4 is 11.1 Å². The molecule has 1 unspecified atom stereocenters. The number of nitrogens with two attached hydrogens (primary N) is 1. The van der Waals surface area contributed by atoms with Crippen molar-refractivity contribution in [1.29, 1.82) is 0 Å². The van der Waals surface area contributed by atoms with Gasteiger partial charge in [-0.15, -0.1) is 0 Å². The molecule has 0 aliphatic heterocycles. The number of hydrogen-bond acceptors (Lipinski definition) is 2. The van der Waals surface area contributed by atoms with Crippen LogP contribution in [0.1, 0.15) is 12.5 Å². The Morgan fingerprint density at radius 2 is 1.93 bits per heavy atom. The highest BCUT2D eigenvalue weighted by Crippen LogP contribution is 2.02. The summed E-state index contributed by atoms with van der Waals surface area (Å²) < 4.78 is 0. The van der Waals surface area contributed by atoms with Crippen molar-refractivity contribution in [3.05, 3.63) is 35.9 Å². The molecule has 15 heavy (non-hydrogen) atoms. The Kier molecular flexibility index (Phi) is 3.85. The van der Waals surface area contributed by atoms with Crippen molar-refractivity contribution in [3.8, 4) is 0 Å². The van der Waals surface area contributed by atoms with E-state index in [1.807, 2.05) is 37.3 Å². The average molecular weight is 206 g/mol. The van der Waals surface area contributed by atoms with Crippen molar-refractivity contribution >= 4 is 11.8 Å². The summed E-state index contributed by atoms with van der Waals surface area (Å²) >= 11 is 0. The molecule has 2 amide bonds. The summed E-state index contributed by atoms with van der Waals surface area (Å²) in [7, 11) is 0. The van der Waals surface area contributed by atoms with Crippen molar-refractivity contribution in [1.82, 2.24) is 5.32 Å². The molecule has 1 rings (SSSR count). The number of nitrogens with one attached hydrogen (secondary N) is 1. The molecule has 0 radical (unpaired) electrons. The molecule has 0 spiro atoms. The van der Waals surface area contributed by atoms with Crippen LogP contribution in [0.3, 0.4) is 0 Å². The summed E-state index contributed by atoms with van der Waals surface area (Å²) in [6, 6.07) is 9.61. The number of carbonyl (C=O) groups excluding carboxylic acids is 2. The molecule has 0 fully saturated rings. The molecule has 3 N–H and O–H groups in total. The second-order valence-corrected chi connectivity index (χ2v) is 3.43. The number of carbonyl (C=O) groups is 2. The summed E-state index contributed by atoms with van der Waals surface area (Å²) in [6.07, 6.45) is 0.680. The maximum atomic E-state index is 11.0. The number of benzene rings is 1. The van der Waals surface area contributed by atoms with Crippen LogP contribution in [0.25, 0.3) is 0 Å². The standard InChI is InChI=1S/C11H14N2O2/c1-8(13-11(15)10(12)14)7-9-5-3-2-4-6-9/h2-6,8H,7H2,1H3,(H2,12,14)(H,13,15). The Bertz CT molecular complexity index is 349. The van der Waals surface area contributed by atoms with Crippen molar-refractivity contribution < 1.29 is 9.59 Å². The highest BCUT2D eigenvalue weighted by atomic mass is 16.2. The van der Waals surface area contributed by atoms with Crippen molar-refractivity contribution in [2.75, 3.05) is 0 Å². The van der Waals surface area contributed by atoms with Gasteiger partial charge in [0.15, 0.2) is 0 Å². The third-order valence-electron chi connectivity index (χ3n) is 1.99. The van der Waals surface area contributed by atoms with E-state index in [1.165, 1.54) is 0 Å². The highest BCUT2D eigenvalue weighted by Gasteiger charge is 2.12. The maximum Gasteiger partial charge on any atom is 0.309 e. The Labute approximate surface area is 88.5 Å². The summed E-state index contributed by atoms with van der Waals surface area (Å²) in [4.78, 5) is 21.5. The molecule has 4 nitrogen and oxygen atoms in total. The zero-order chi connectivity index (χ0) is 11.3. The molecule has 80 valence electrons. The predicted octanol–water partition coefficient (Wildman–Crippen LogP) is 0.219. The summed E-state index contributed by atoms with van der Waals surface area (Å²) in [5, 5.41) is 2.51. The quantitative estimate of drug-likeness (QED) is 0.694. The molecule has 0 heterocycles. The van der Waals surface area contributed by atoms with Gasteiger partial charge < -0.3 is 11.1 Å².